The third-order valence-electron chi connectivity index (χ3n) is 10.00. The highest BCUT2D eigenvalue weighted by molar-refractivity contribution is 6.86. The first-order valence-corrected chi connectivity index (χ1v) is 21.7. The molecule has 0 spiro atoms. The number of hydrogen-bond donors (Lipinski definition) is 4. The van der Waals surface area contributed by atoms with E-state index in [1.54, 1.807) is 43.9 Å². The molecule has 0 amide bonds. The molecule has 14 nitrogen and oxygen atoms in total. The van der Waals surface area contributed by atoms with Gasteiger partial charge in [0.2, 0.25) is 0 Å². The van der Waals surface area contributed by atoms with E-state index < -0.39 is 33.2 Å². The molecule has 4 N–H and O–H groups in total. The van der Waals surface area contributed by atoms with Crippen molar-refractivity contribution in [3.05, 3.63) is 115 Å². The van der Waals surface area contributed by atoms with E-state index in [1.165, 1.54) is 0 Å². The maximum Gasteiger partial charge on any atom is 0.325 e. The van der Waals surface area contributed by atoms with Crippen LogP contribution in [0.2, 0.25) is 10.0 Å². The Morgan fingerprint density at radius 3 is 1.69 bits per heavy atom. The molecule has 0 aliphatic heterocycles. The Bertz CT molecular complexity index is 2420. The van der Waals surface area contributed by atoms with Crippen molar-refractivity contribution in [3.63, 3.8) is 0 Å². The van der Waals surface area contributed by atoms with Gasteiger partial charge in [0.05, 0.1) is 36.1 Å². The molecule has 0 aliphatic rings. The van der Waals surface area contributed by atoms with Crippen molar-refractivity contribution < 1.29 is 29.3 Å². The van der Waals surface area contributed by atoms with Gasteiger partial charge in [-0.15, -0.1) is 0 Å². The summed E-state index contributed by atoms with van der Waals surface area (Å²) in [5.74, 6) is -0.553. The number of nitrogens with zero attached hydrogens (tertiary/aromatic N) is 4. The zero-order valence-corrected chi connectivity index (χ0v) is 35.3. The highest BCUT2D eigenvalue weighted by Crippen LogP contribution is 2.42. The predicted octanol–water partition coefficient (Wildman–Crippen LogP) is 4.54. The van der Waals surface area contributed by atoms with E-state index in [-0.39, 0.29) is 43.7 Å². The van der Waals surface area contributed by atoms with Gasteiger partial charge in [-0.25, -0.2) is 0 Å². The number of esters is 1. The van der Waals surface area contributed by atoms with Crippen molar-refractivity contribution in [2.75, 3.05) is 39.1 Å². The van der Waals surface area contributed by atoms with Crippen LogP contribution < -0.4 is 21.4 Å². The Kier molecular flexibility index (Phi) is 13.7. The number of aliphatic hydroxyl groups excluding tert-OH is 2. The fourth-order valence-electron chi connectivity index (χ4n) is 7.06. The van der Waals surface area contributed by atoms with Gasteiger partial charge in [0, 0.05) is 95.7 Å². The summed E-state index contributed by atoms with van der Waals surface area (Å²) in [6.07, 6.45) is 7.13. The van der Waals surface area contributed by atoms with Crippen LogP contribution in [0.15, 0.2) is 82.9 Å². The number of halogens is 2. The lowest BCUT2D eigenvalue weighted by Gasteiger charge is -2.16. The van der Waals surface area contributed by atoms with Crippen molar-refractivity contribution in [3.8, 4) is 33.4 Å². The highest BCUT2D eigenvalue weighted by atomic mass is 35.5. The molecule has 58 heavy (non-hydrogen) atoms. The number of rotatable bonds is 17. The van der Waals surface area contributed by atoms with Gasteiger partial charge in [-0.3, -0.25) is 19.2 Å². The first kappa shape index (κ1) is 42.6. The molecular weight excluding hydrogens is 803 g/mol. The van der Waals surface area contributed by atoms with Crippen molar-refractivity contribution >= 4 is 54.8 Å². The summed E-state index contributed by atoms with van der Waals surface area (Å²) >= 11 is 14.3. The number of hydrogen-bond acceptors (Lipinski definition) is 10. The summed E-state index contributed by atoms with van der Waals surface area (Å²) in [6.45, 7) is 8.20. The topological polar surface area (TPSA) is 170 Å². The molecule has 306 valence electrons. The standard InChI is InChI=1S/C41H46Cl2N6O8Si/c1-5-56-40(54)33(23-50)44-13-15-48-25(3)19-46-21-27(17-34(46)38(48)52)29-9-7-11-31(36(29)42)32-12-8-10-30(37(32)43)28-18-35-39(53)49(26(4)20-47(35)22-28)16-14-45-58(24-51)41(55)57-6-2/h7-12,17-22,33,44-45,50-51,58H,5-6,13-16,23-24H2,1-4H3/t33-,58-/m0/s1. The van der Waals surface area contributed by atoms with E-state index in [2.05, 4.69) is 10.3 Å². The lowest BCUT2D eigenvalue weighted by molar-refractivity contribution is -0.146. The number of aliphatic hydroxyl groups is 2. The van der Waals surface area contributed by atoms with E-state index in [1.807, 2.05) is 75.0 Å². The second kappa shape index (κ2) is 18.7. The number of ether oxygens (including phenoxy) is 2. The van der Waals surface area contributed by atoms with E-state index in [0.717, 1.165) is 16.8 Å². The average Bonchev–Trinajstić information content (AvgIpc) is 3.82. The van der Waals surface area contributed by atoms with Crippen LogP contribution in [-0.4, -0.2) is 93.9 Å². The molecule has 4 heterocycles. The maximum absolute atomic E-state index is 13.7. The predicted molar refractivity (Wildman–Crippen MR) is 227 cm³/mol. The third-order valence-corrected chi connectivity index (χ3v) is 12.7. The lowest BCUT2D eigenvalue weighted by atomic mass is 9.97. The van der Waals surface area contributed by atoms with Gasteiger partial charge in [0.25, 0.3) is 25.7 Å². The van der Waals surface area contributed by atoms with Gasteiger partial charge in [-0.2, -0.15) is 0 Å². The molecule has 2 atom stereocenters. The monoisotopic (exact) mass is 848 g/mol. The normalized spacial score (nSPS) is 12.6. The lowest BCUT2D eigenvalue weighted by Crippen LogP contribution is -2.47. The number of fused-ring (bicyclic) bond motifs is 2. The Balaban J connectivity index is 1.26. The Morgan fingerprint density at radius 1 is 0.741 bits per heavy atom. The molecule has 0 fully saturated rings. The quantitative estimate of drug-likeness (QED) is 0.0756. The zero-order valence-electron chi connectivity index (χ0n) is 32.6. The van der Waals surface area contributed by atoms with Crippen LogP contribution in [-0.2, 0) is 27.4 Å². The van der Waals surface area contributed by atoms with Gasteiger partial charge in [-0.1, -0.05) is 59.6 Å². The van der Waals surface area contributed by atoms with Crippen molar-refractivity contribution in [1.29, 1.82) is 0 Å². The van der Waals surface area contributed by atoms with Crippen LogP contribution in [0.1, 0.15) is 25.2 Å². The number of benzene rings is 2. The van der Waals surface area contributed by atoms with Crippen LogP contribution in [0.4, 0.5) is 4.79 Å². The van der Waals surface area contributed by atoms with Crippen LogP contribution >= 0.6 is 23.2 Å². The van der Waals surface area contributed by atoms with E-state index in [4.69, 9.17) is 32.7 Å². The summed E-state index contributed by atoms with van der Waals surface area (Å²) in [6, 6.07) is 14.0. The number of carbonyl (C=O) groups is 2. The molecule has 6 rings (SSSR count). The van der Waals surface area contributed by atoms with Gasteiger partial charge < -0.3 is 47.9 Å². The van der Waals surface area contributed by atoms with Crippen molar-refractivity contribution in [2.45, 2.75) is 46.8 Å². The first-order valence-electron chi connectivity index (χ1n) is 19.0. The van der Waals surface area contributed by atoms with Crippen molar-refractivity contribution in [2.24, 2.45) is 0 Å². The highest BCUT2D eigenvalue weighted by Gasteiger charge is 2.23. The summed E-state index contributed by atoms with van der Waals surface area (Å²) in [7, 11) is -2.40. The van der Waals surface area contributed by atoms with Gasteiger partial charge >= 0.3 is 5.97 Å². The first-order chi connectivity index (χ1) is 27.9. The smallest absolute Gasteiger partial charge is 0.325 e. The average molecular weight is 850 g/mol. The Labute approximate surface area is 345 Å². The summed E-state index contributed by atoms with van der Waals surface area (Å²) in [4.78, 5) is 54.7. The minimum absolute atomic E-state index is 0.197. The SMILES string of the molecule is CCOC(=O)[C@H](CO)NCCn1c(C)cn2cc(-c3cccc(-c4cccc(-c5cc6c(=O)n(CCN[Si@@H](CO)C(=O)OCC)c(C)cn6c5)c4Cl)c3Cl)cc2c1=O. The van der Waals surface area contributed by atoms with Crippen LogP contribution in [0.25, 0.3) is 44.4 Å². The third kappa shape index (κ3) is 8.71. The molecule has 17 heteroatoms. The van der Waals surface area contributed by atoms with Gasteiger partial charge in [0.15, 0.2) is 0 Å². The fourth-order valence-corrected chi connectivity index (χ4v) is 9.03. The molecule has 0 unspecified atom stereocenters. The summed E-state index contributed by atoms with van der Waals surface area (Å²) in [5.41, 5.74) is 5.68. The van der Waals surface area contributed by atoms with E-state index in [0.29, 0.717) is 62.1 Å². The second-order valence-electron chi connectivity index (χ2n) is 13.7. The molecule has 6 aromatic rings. The van der Waals surface area contributed by atoms with Gasteiger partial charge in [-0.05, 0) is 39.8 Å². The minimum Gasteiger partial charge on any atom is -0.469 e. The molecule has 0 saturated heterocycles. The molecule has 4 aromatic heterocycles. The minimum atomic E-state index is -2.40. The summed E-state index contributed by atoms with van der Waals surface area (Å²) in [5, 5.41) is 23.1. The van der Waals surface area contributed by atoms with E-state index in [9.17, 15) is 29.4 Å². The van der Waals surface area contributed by atoms with Crippen LogP contribution in [0.3, 0.4) is 0 Å². The van der Waals surface area contributed by atoms with Gasteiger partial charge in [0.1, 0.15) is 17.1 Å². The molecule has 0 bridgehead atoms. The molecule has 2 aromatic carbocycles. The fraction of sp³-hybridized carbons (Fsp3) is 0.317. The zero-order chi connectivity index (χ0) is 41.7. The number of aryl methyl sites for hydroxylation is 2. The largest absolute Gasteiger partial charge is 0.469 e. The maximum atomic E-state index is 13.7. The number of aromatic nitrogens is 4. The van der Waals surface area contributed by atoms with Crippen LogP contribution in [0.5, 0.6) is 0 Å². The molecule has 0 aliphatic carbocycles. The Morgan fingerprint density at radius 2 is 1.22 bits per heavy atom. The van der Waals surface area contributed by atoms with Crippen molar-refractivity contribution in [1.82, 2.24) is 28.2 Å². The summed E-state index contributed by atoms with van der Waals surface area (Å²) < 4.78 is 16.8. The van der Waals surface area contributed by atoms with Crippen LogP contribution in [0, 0.1) is 13.8 Å². The number of nitrogens with one attached hydrogen (secondary N) is 2. The van der Waals surface area contributed by atoms with E-state index >= 15 is 0 Å². The molecule has 0 saturated carbocycles. The Hall–Kier alpha value is -5.00. The number of carbonyl (C=O) groups excluding carboxylic acids is 2. The molecular formula is C41H46Cl2N6O8Si. The second-order valence-corrected chi connectivity index (χ2v) is 16.8. The molecule has 0 radical (unpaired) electrons.